The largest absolute Gasteiger partial charge is 0.261 e. The van der Waals surface area contributed by atoms with Gasteiger partial charge in [-0.2, -0.15) is 0 Å². The number of aryl methyl sites for hydroxylation is 1. The first-order valence-corrected chi connectivity index (χ1v) is 4.64. The molecule has 0 saturated heterocycles. The van der Waals surface area contributed by atoms with E-state index in [-0.39, 0.29) is 0 Å². The maximum Gasteiger partial charge on any atom is 0.0500 e. The highest BCUT2D eigenvalue weighted by molar-refractivity contribution is 6.38. The SMILES string of the molecule is Cc1cc2c(Cl)cc(Cl)cc2cn1. The maximum absolute atomic E-state index is 6.02. The van der Waals surface area contributed by atoms with Crippen molar-refractivity contribution in [2.75, 3.05) is 0 Å². The first-order valence-electron chi connectivity index (χ1n) is 3.88. The van der Waals surface area contributed by atoms with E-state index >= 15 is 0 Å². The molecule has 0 N–H and O–H groups in total. The summed E-state index contributed by atoms with van der Waals surface area (Å²) in [5.74, 6) is 0. The van der Waals surface area contributed by atoms with Gasteiger partial charge in [0, 0.05) is 32.7 Å². The molecule has 0 spiro atoms. The summed E-state index contributed by atoms with van der Waals surface area (Å²) in [6.45, 7) is 1.93. The molecule has 2 rings (SSSR count). The van der Waals surface area contributed by atoms with E-state index in [4.69, 9.17) is 23.2 Å². The third kappa shape index (κ3) is 1.62. The highest BCUT2D eigenvalue weighted by Gasteiger charge is 2.01. The average Bonchev–Trinajstić information content (AvgIpc) is 2.06. The van der Waals surface area contributed by atoms with Crippen LogP contribution in [0.3, 0.4) is 0 Å². The molecule has 0 atom stereocenters. The summed E-state index contributed by atoms with van der Waals surface area (Å²) in [6.07, 6.45) is 1.78. The first-order chi connectivity index (χ1) is 6.16. The Labute approximate surface area is 86.3 Å². The van der Waals surface area contributed by atoms with Gasteiger partial charge in [-0.1, -0.05) is 23.2 Å². The van der Waals surface area contributed by atoms with Crippen molar-refractivity contribution in [3.8, 4) is 0 Å². The van der Waals surface area contributed by atoms with Crippen molar-refractivity contribution in [2.45, 2.75) is 6.92 Å². The van der Waals surface area contributed by atoms with Crippen LogP contribution in [0.15, 0.2) is 24.4 Å². The van der Waals surface area contributed by atoms with Crippen LogP contribution in [0.25, 0.3) is 10.8 Å². The van der Waals surface area contributed by atoms with Crippen LogP contribution in [-0.2, 0) is 0 Å². The molecule has 0 unspecified atom stereocenters. The van der Waals surface area contributed by atoms with E-state index in [1.54, 1.807) is 12.3 Å². The van der Waals surface area contributed by atoms with E-state index in [1.807, 2.05) is 19.1 Å². The van der Waals surface area contributed by atoms with Crippen molar-refractivity contribution >= 4 is 34.0 Å². The maximum atomic E-state index is 6.02. The molecule has 0 fully saturated rings. The molecule has 1 aromatic heterocycles. The second kappa shape index (κ2) is 3.17. The molecule has 0 aliphatic rings. The normalized spacial score (nSPS) is 10.7. The average molecular weight is 212 g/mol. The summed E-state index contributed by atoms with van der Waals surface area (Å²) < 4.78 is 0. The van der Waals surface area contributed by atoms with Gasteiger partial charge in [0.25, 0.3) is 0 Å². The third-order valence-corrected chi connectivity index (χ3v) is 2.42. The van der Waals surface area contributed by atoms with E-state index in [0.29, 0.717) is 10.0 Å². The van der Waals surface area contributed by atoms with Crippen molar-refractivity contribution in [3.05, 3.63) is 40.1 Å². The molecular formula is C10H7Cl2N. The fourth-order valence-corrected chi connectivity index (χ4v) is 1.84. The zero-order chi connectivity index (χ0) is 9.42. The number of rotatable bonds is 0. The molecule has 0 saturated carbocycles. The minimum absolute atomic E-state index is 0.642. The smallest absolute Gasteiger partial charge is 0.0500 e. The van der Waals surface area contributed by atoms with Crippen LogP contribution in [-0.4, -0.2) is 4.98 Å². The quantitative estimate of drug-likeness (QED) is 0.646. The number of hydrogen-bond acceptors (Lipinski definition) is 1. The lowest BCUT2D eigenvalue weighted by molar-refractivity contribution is 1.22. The summed E-state index contributed by atoms with van der Waals surface area (Å²) in [5.41, 5.74) is 0.955. The summed E-state index contributed by atoms with van der Waals surface area (Å²) in [5, 5.41) is 3.29. The van der Waals surface area contributed by atoms with E-state index in [2.05, 4.69) is 4.98 Å². The number of hydrogen-bond donors (Lipinski definition) is 0. The molecule has 2 aromatic rings. The van der Waals surface area contributed by atoms with Crippen LogP contribution in [0.4, 0.5) is 0 Å². The fraction of sp³-hybridized carbons (Fsp3) is 0.100. The van der Waals surface area contributed by atoms with Crippen LogP contribution in [0.2, 0.25) is 10.0 Å². The molecule has 3 heteroatoms. The molecule has 66 valence electrons. The van der Waals surface area contributed by atoms with Gasteiger partial charge in [-0.25, -0.2) is 0 Å². The molecule has 13 heavy (non-hydrogen) atoms. The Bertz CT molecular complexity index is 466. The predicted octanol–water partition coefficient (Wildman–Crippen LogP) is 3.85. The van der Waals surface area contributed by atoms with Gasteiger partial charge in [-0.15, -0.1) is 0 Å². The predicted molar refractivity (Wildman–Crippen MR) is 56.5 cm³/mol. The Balaban J connectivity index is 2.87. The van der Waals surface area contributed by atoms with Crippen LogP contribution in [0, 0.1) is 6.92 Å². The molecule has 1 aromatic carbocycles. The van der Waals surface area contributed by atoms with E-state index in [0.717, 1.165) is 16.5 Å². The topological polar surface area (TPSA) is 12.9 Å². The monoisotopic (exact) mass is 211 g/mol. The molecule has 0 amide bonds. The Kier molecular flexibility index (Phi) is 2.14. The molecule has 0 aliphatic heterocycles. The number of nitrogens with zero attached hydrogens (tertiary/aromatic N) is 1. The van der Waals surface area contributed by atoms with Gasteiger partial charge >= 0.3 is 0 Å². The fourth-order valence-electron chi connectivity index (χ4n) is 1.28. The number of pyridine rings is 1. The second-order valence-electron chi connectivity index (χ2n) is 2.93. The van der Waals surface area contributed by atoms with Crippen LogP contribution in [0.5, 0.6) is 0 Å². The molecule has 0 bridgehead atoms. The molecular weight excluding hydrogens is 205 g/mol. The second-order valence-corrected chi connectivity index (χ2v) is 3.78. The van der Waals surface area contributed by atoms with Gasteiger partial charge in [0.1, 0.15) is 0 Å². The van der Waals surface area contributed by atoms with Gasteiger partial charge in [0.15, 0.2) is 0 Å². The lowest BCUT2D eigenvalue weighted by Gasteiger charge is -2.01. The summed E-state index contributed by atoms with van der Waals surface area (Å²) >= 11 is 11.9. The number of benzene rings is 1. The van der Waals surface area contributed by atoms with E-state index in [9.17, 15) is 0 Å². The third-order valence-electron chi connectivity index (χ3n) is 1.89. The first kappa shape index (κ1) is 8.79. The molecule has 1 nitrogen and oxygen atoms in total. The van der Waals surface area contributed by atoms with E-state index in [1.165, 1.54) is 0 Å². The Morgan fingerprint density at radius 3 is 2.69 bits per heavy atom. The number of aromatic nitrogens is 1. The standard InChI is InChI=1S/C10H7Cl2N/c1-6-2-9-7(5-13-6)3-8(11)4-10(9)12/h2-5H,1H3. The van der Waals surface area contributed by atoms with Crippen molar-refractivity contribution in [1.29, 1.82) is 0 Å². The molecule has 0 radical (unpaired) electrons. The van der Waals surface area contributed by atoms with Crippen molar-refractivity contribution < 1.29 is 0 Å². The van der Waals surface area contributed by atoms with Gasteiger partial charge < -0.3 is 0 Å². The summed E-state index contributed by atoms with van der Waals surface area (Å²) in [4.78, 5) is 4.17. The zero-order valence-electron chi connectivity index (χ0n) is 7.01. The molecule has 0 aliphatic carbocycles. The van der Waals surface area contributed by atoms with Crippen LogP contribution in [0.1, 0.15) is 5.69 Å². The zero-order valence-corrected chi connectivity index (χ0v) is 8.52. The minimum Gasteiger partial charge on any atom is -0.261 e. The van der Waals surface area contributed by atoms with Crippen molar-refractivity contribution in [3.63, 3.8) is 0 Å². The van der Waals surface area contributed by atoms with Gasteiger partial charge in [-0.05, 0) is 25.1 Å². The highest BCUT2D eigenvalue weighted by Crippen LogP contribution is 2.27. The Hall–Kier alpha value is -0.790. The number of fused-ring (bicyclic) bond motifs is 1. The highest BCUT2D eigenvalue weighted by atomic mass is 35.5. The van der Waals surface area contributed by atoms with Gasteiger partial charge in [0.05, 0.1) is 0 Å². The lowest BCUT2D eigenvalue weighted by Crippen LogP contribution is -1.82. The van der Waals surface area contributed by atoms with Crippen molar-refractivity contribution in [1.82, 2.24) is 4.98 Å². The van der Waals surface area contributed by atoms with Gasteiger partial charge in [-0.3, -0.25) is 4.98 Å². The Morgan fingerprint density at radius 1 is 1.15 bits per heavy atom. The minimum atomic E-state index is 0.642. The van der Waals surface area contributed by atoms with Crippen LogP contribution >= 0.6 is 23.2 Å². The lowest BCUT2D eigenvalue weighted by atomic mass is 10.1. The Morgan fingerprint density at radius 2 is 1.92 bits per heavy atom. The summed E-state index contributed by atoms with van der Waals surface area (Å²) in [6, 6.07) is 5.55. The van der Waals surface area contributed by atoms with Crippen molar-refractivity contribution in [2.24, 2.45) is 0 Å². The number of halogens is 2. The van der Waals surface area contributed by atoms with Crippen LogP contribution < -0.4 is 0 Å². The summed E-state index contributed by atoms with van der Waals surface area (Å²) in [7, 11) is 0. The van der Waals surface area contributed by atoms with E-state index < -0.39 is 0 Å². The van der Waals surface area contributed by atoms with Gasteiger partial charge in [0.2, 0.25) is 0 Å². The molecule has 1 heterocycles.